The number of amides is 1. The molecule has 0 aliphatic heterocycles. The number of anilines is 2. The van der Waals surface area contributed by atoms with Crippen LogP contribution in [0.5, 0.6) is 5.75 Å². The number of hydrogen-bond acceptors (Lipinski definition) is 5. The minimum Gasteiger partial charge on any atom is -0.494 e. The highest BCUT2D eigenvalue weighted by molar-refractivity contribution is 7.98. The molecule has 0 saturated carbocycles. The molecule has 0 aliphatic carbocycles. The first-order chi connectivity index (χ1) is 9.47. The molecule has 0 saturated heterocycles. The Morgan fingerprint density at radius 2 is 2.25 bits per heavy atom. The van der Waals surface area contributed by atoms with Crippen LogP contribution in [0, 0.1) is 0 Å². The average molecular weight is 297 g/mol. The number of nitrogens with zero attached hydrogens (tertiary/aromatic N) is 1. The van der Waals surface area contributed by atoms with Crippen molar-refractivity contribution in [1.29, 1.82) is 0 Å². The van der Waals surface area contributed by atoms with Gasteiger partial charge in [-0.3, -0.25) is 9.69 Å². The van der Waals surface area contributed by atoms with Gasteiger partial charge in [-0.2, -0.15) is 11.8 Å². The van der Waals surface area contributed by atoms with Crippen LogP contribution in [-0.2, 0) is 4.79 Å². The lowest BCUT2D eigenvalue weighted by atomic mass is 10.2. The van der Waals surface area contributed by atoms with E-state index in [1.165, 1.54) is 0 Å². The molecular formula is C14H23N3O2S. The van der Waals surface area contributed by atoms with Gasteiger partial charge in [0.15, 0.2) is 0 Å². The van der Waals surface area contributed by atoms with E-state index in [-0.39, 0.29) is 5.91 Å². The number of ether oxygens (including phenoxy) is 1. The maximum atomic E-state index is 12.0. The molecule has 0 fully saturated rings. The minimum atomic E-state index is -0.0662. The maximum absolute atomic E-state index is 12.0. The molecule has 1 atom stereocenters. The van der Waals surface area contributed by atoms with E-state index in [9.17, 15) is 4.79 Å². The summed E-state index contributed by atoms with van der Waals surface area (Å²) in [6.07, 6.45) is 2.06. The molecule has 1 unspecified atom stereocenters. The number of hydrogen-bond donors (Lipinski definition) is 2. The summed E-state index contributed by atoms with van der Waals surface area (Å²) in [5.74, 6) is 1.50. The fourth-order valence-corrected chi connectivity index (χ4v) is 2.49. The Kier molecular flexibility index (Phi) is 6.67. The Bertz CT molecular complexity index is 454. The van der Waals surface area contributed by atoms with E-state index in [0.29, 0.717) is 29.7 Å². The van der Waals surface area contributed by atoms with Crippen molar-refractivity contribution in [2.45, 2.75) is 13.0 Å². The predicted molar refractivity (Wildman–Crippen MR) is 86.5 cm³/mol. The number of carbonyl (C=O) groups excluding carboxylic acids is 1. The Labute approximate surface area is 124 Å². The fraction of sp³-hybridized carbons (Fsp3) is 0.500. The van der Waals surface area contributed by atoms with E-state index in [2.05, 4.69) is 18.5 Å². The summed E-state index contributed by atoms with van der Waals surface area (Å²) in [5, 5.41) is 2.85. The van der Waals surface area contributed by atoms with Gasteiger partial charge in [0.05, 0.1) is 19.3 Å². The molecule has 0 heterocycles. The van der Waals surface area contributed by atoms with Crippen LogP contribution in [0.15, 0.2) is 18.2 Å². The zero-order chi connectivity index (χ0) is 15.1. The van der Waals surface area contributed by atoms with Gasteiger partial charge in [0, 0.05) is 23.5 Å². The van der Waals surface area contributed by atoms with Crippen LogP contribution < -0.4 is 15.8 Å². The summed E-state index contributed by atoms with van der Waals surface area (Å²) in [6, 6.07) is 5.52. The molecular weight excluding hydrogens is 274 g/mol. The van der Waals surface area contributed by atoms with Gasteiger partial charge in [-0.1, -0.05) is 0 Å². The molecule has 1 amide bonds. The smallest absolute Gasteiger partial charge is 0.238 e. The quantitative estimate of drug-likeness (QED) is 0.752. The van der Waals surface area contributed by atoms with Crippen LogP contribution >= 0.6 is 11.8 Å². The van der Waals surface area contributed by atoms with Crippen molar-refractivity contribution in [2.75, 3.05) is 43.8 Å². The molecule has 6 heteroatoms. The first-order valence-electron chi connectivity index (χ1n) is 6.40. The zero-order valence-corrected chi connectivity index (χ0v) is 13.3. The predicted octanol–water partition coefficient (Wildman–Crippen LogP) is 1.90. The molecule has 1 rings (SSSR count). The number of carbonyl (C=O) groups is 1. The van der Waals surface area contributed by atoms with Gasteiger partial charge in [0.1, 0.15) is 5.75 Å². The molecule has 112 valence electrons. The van der Waals surface area contributed by atoms with Gasteiger partial charge in [-0.15, -0.1) is 0 Å². The van der Waals surface area contributed by atoms with E-state index in [1.54, 1.807) is 37.1 Å². The van der Waals surface area contributed by atoms with Crippen LogP contribution in [0.2, 0.25) is 0 Å². The minimum absolute atomic E-state index is 0.0662. The van der Waals surface area contributed by atoms with Crippen molar-refractivity contribution in [3.05, 3.63) is 18.2 Å². The van der Waals surface area contributed by atoms with Crippen LogP contribution in [0.4, 0.5) is 11.4 Å². The summed E-state index contributed by atoms with van der Waals surface area (Å²) >= 11 is 1.77. The fourth-order valence-electron chi connectivity index (χ4n) is 1.75. The Morgan fingerprint density at radius 3 is 2.85 bits per heavy atom. The largest absolute Gasteiger partial charge is 0.494 e. The van der Waals surface area contributed by atoms with Gasteiger partial charge in [0.25, 0.3) is 0 Å². The normalized spacial score (nSPS) is 12.2. The maximum Gasteiger partial charge on any atom is 0.238 e. The molecule has 5 nitrogen and oxygen atoms in total. The van der Waals surface area contributed by atoms with Crippen molar-refractivity contribution in [3.63, 3.8) is 0 Å². The second-order valence-corrected chi connectivity index (χ2v) is 5.64. The topological polar surface area (TPSA) is 67.6 Å². The number of nitrogen functional groups attached to an aromatic ring is 1. The number of nitrogens with one attached hydrogen (secondary N) is 1. The van der Waals surface area contributed by atoms with Crippen molar-refractivity contribution in [1.82, 2.24) is 4.90 Å². The van der Waals surface area contributed by atoms with E-state index in [0.717, 1.165) is 5.75 Å². The number of benzene rings is 1. The lowest BCUT2D eigenvalue weighted by Gasteiger charge is -2.23. The monoisotopic (exact) mass is 297 g/mol. The highest BCUT2D eigenvalue weighted by atomic mass is 32.2. The molecule has 0 aromatic heterocycles. The third-order valence-corrected chi connectivity index (χ3v) is 3.87. The van der Waals surface area contributed by atoms with Gasteiger partial charge in [0.2, 0.25) is 5.91 Å². The summed E-state index contributed by atoms with van der Waals surface area (Å²) in [7, 11) is 3.50. The number of methoxy groups -OCH3 is 1. The molecule has 3 N–H and O–H groups in total. The van der Waals surface area contributed by atoms with Crippen LogP contribution in [0.3, 0.4) is 0 Å². The zero-order valence-electron chi connectivity index (χ0n) is 12.5. The molecule has 20 heavy (non-hydrogen) atoms. The molecule has 1 aromatic rings. The van der Waals surface area contributed by atoms with Gasteiger partial charge in [-0.25, -0.2) is 0 Å². The second kappa shape index (κ2) is 8.01. The first-order valence-corrected chi connectivity index (χ1v) is 7.79. The van der Waals surface area contributed by atoms with Crippen molar-refractivity contribution in [3.8, 4) is 5.75 Å². The van der Waals surface area contributed by atoms with Crippen LogP contribution in [0.25, 0.3) is 0 Å². The number of nitrogens with two attached hydrogens (primary N) is 1. The molecule has 0 spiro atoms. The van der Waals surface area contributed by atoms with Crippen LogP contribution in [-0.4, -0.2) is 49.6 Å². The van der Waals surface area contributed by atoms with E-state index in [1.807, 2.05) is 11.9 Å². The summed E-state index contributed by atoms with van der Waals surface area (Å²) in [5.41, 5.74) is 6.92. The van der Waals surface area contributed by atoms with E-state index < -0.39 is 0 Å². The summed E-state index contributed by atoms with van der Waals surface area (Å²) < 4.78 is 5.21. The van der Waals surface area contributed by atoms with Crippen LogP contribution in [0.1, 0.15) is 6.92 Å². The second-order valence-electron chi connectivity index (χ2n) is 4.73. The molecule has 1 aromatic carbocycles. The van der Waals surface area contributed by atoms with E-state index >= 15 is 0 Å². The van der Waals surface area contributed by atoms with E-state index in [4.69, 9.17) is 10.5 Å². The Balaban J connectivity index is 2.62. The third kappa shape index (κ3) is 4.94. The Morgan fingerprint density at radius 1 is 1.55 bits per heavy atom. The van der Waals surface area contributed by atoms with Gasteiger partial charge in [-0.05, 0) is 32.4 Å². The van der Waals surface area contributed by atoms with Crippen molar-refractivity contribution >= 4 is 29.0 Å². The van der Waals surface area contributed by atoms with Crippen molar-refractivity contribution in [2.24, 2.45) is 0 Å². The molecule has 0 aliphatic rings. The number of thioether (sulfide) groups is 1. The average Bonchev–Trinajstić information content (AvgIpc) is 2.40. The number of likely N-dealkylation sites (N-methyl/N-ethyl adjacent to an activating group) is 1. The van der Waals surface area contributed by atoms with Crippen molar-refractivity contribution < 1.29 is 9.53 Å². The standard InChI is InChI=1S/C14H23N3O2S/c1-10(9-20-4)17(2)8-14(18)16-12-6-5-11(15)7-13(12)19-3/h5-7,10H,8-9,15H2,1-4H3,(H,16,18). The summed E-state index contributed by atoms with van der Waals surface area (Å²) in [4.78, 5) is 14.1. The summed E-state index contributed by atoms with van der Waals surface area (Å²) in [6.45, 7) is 2.45. The highest BCUT2D eigenvalue weighted by Crippen LogP contribution is 2.26. The third-order valence-electron chi connectivity index (χ3n) is 3.05. The first kappa shape index (κ1) is 16.7. The Hall–Kier alpha value is -1.40. The van der Waals surface area contributed by atoms with Gasteiger partial charge >= 0.3 is 0 Å². The van der Waals surface area contributed by atoms with Gasteiger partial charge < -0.3 is 15.8 Å². The molecule has 0 bridgehead atoms. The lowest BCUT2D eigenvalue weighted by Crippen LogP contribution is -2.37. The highest BCUT2D eigenvalue weighted by Gasteiger charge is 2.14. The SMILES string of the molecule is COc1cc(N)ccc1NC(=O)CN(C)C(C)CSC. The molecule has 0 radical (unpaired) electrons. The lowest BCUT2D eigenvalue weighted by molar-refractivity contribution is -0.117. The number of rotatable bonds is 7.